The zero-order valence-electron chi connectivity index (χ0n) is 20.5. The number of fused-ring (bicyclic) bond motifs is 1. The van der Waals surface area contributed by atoms with Crippen molar-refractivity contribution in [3.05, 3.63) is 35.4 Å². The van der Waals surface area contributed by atoms with E-state index in [0.29, 0.717) is 34.3 Å². The number of hydrogen-bond donors (Lipinski definition) is 2. The maximum atomic E-state index is 14.2. The highest BCUT2D eigenvalue weighted by Crippen LogP contribution is 2.35. The van der Waals surface area contributed by atoms with Crippen molar-refractivity contribution in [3.8, 4) is 23.3 Å². The van der Waals surface area contributed by atoms with Gasteiger partial charge < -0.3 is 20.5 Å². The van der Waals surface area contributed by atoms with Crippen LogP contribution in [0.15, 0.2) is 24.3 Å². The minimum absolute atomic E-state index is 0.109. The molecule has 8 heteroatoms. The summed E-state index contributed by atoms with van der Waals surface area (Å²) in [4.78, 5) is 25.8. The Balaban J connectivity index is 2.07. The van der Waals surface area contributed by atoms with Gasteiger partial charge in [-0.2, -0.15) is 0 Å². The first-order valence-corrected chi connectivity index (χ1v) is 11.2. The molecule has 0 aromatic heterocycles. The molecule has 0 saturated carbocycles. The molecule has 1 aliphatic heterocycles. The van der Waals surface area contributed by atoms with Crippen molar-refractivity contribution in [2.45, 2.75) is 44.9 Å². The van der Waals surface area contributed by atoms with Crippen LogP contribution in [0.4, 0.5) is 4.39 Å². The van der Waals surface area contributed by atoms with E-state index >= 15 is 0 Å². The first-order chi connectivity index (χ1) is 16.0. The fourth-order valence-corrected chi connectivity index (χ4v) is 3.88. The number of rotatable bonds is 7. The first kappa shape index (κ1) is 25.3. The smallest absolute Gasteiger partial charge is 0.255 e. The molecule has 2 aromatic carbocycles. The number of primary amides is 1. The largest absolute Gasteiger partial charge is 0.496 e. The van der Waals surface area contributed by atoms with Gasteiger partial charge in [0.1, 0.15) is 18.1 Å². The summed E-state index contributed by atoms with van der Waals surface area (Å²) in [5.74, 6) is 5.63. The molecule has 3 atom stereocenters. The summed E-state index contributed by atoms with van der Waals surface area (Å²) in [6.07, 6.45) is -1.02. The number of benzene rings is 2. The third-order valence-corrected chi connectivity index (χ3v) is 6.54. The van der Waals surface area contributed by atoms with Crippen LogP contribution >= 0.6 is 0 Å². The van der Waals surface area contributed by atoms with E-state index < -0.39 is 29.9 Å². The number of ether oxygens (including phenoxy) is 2. The molecule has 34 heavy (non-hydrogen) atoms. The van der Waals surface area contributed by atoms with E-state index in [0.717, 1.165) is 0 Å². The summed E-state index contributed by atoms with van der Waals surface area (Å²) in [5.41, 5.74) is 6.14. The van der Waals surface area contributed by atoms with E-state index in [1.807, 2.05) is 45.8 Å². The van der Waals surface area contributed by atoms with E-state index in [2.05, 4.69) is 17.2 Å². The number of amides is 2. The molecule has 3 rings (SSSR count). The van der Waals surface area contributed by atoms with E-state index in [1.165, 1.54) is 7.11 Å². The Labute approximate surface area is 199 Å². The van der Waals surface area contributed by atoms with Crippen molar-refractivity contribution in [2.75, 3.05) is 27.8 Å². The number of carbonyl (C=O) groups is 2. The Morgan fingerprint density at radius 1 is 1.24 bits per heavy atom. The predicted molar refractivity (Wildman–Crippen MR) is 130 cm³/mol. The number of nitrogens with two attached hydrogens (primary N) is 1. The van der Waals surface area contributed by atoms with Gasteiger partial charge in [0.15, 0.2) is 6.17 Å². The van der Waals surface area contributed by atoms with Crippen molar-refractivity contribution in [3.63, 3.8) is 0 Å². The molecule has 1 heterocycles. The van der Waals surface area contributed by atoms with Crippen molar-refractivity contribution in [2.24, 2.45) is 11.7 Å². The number of nitrogens with one attached hydrogen (secondary N) is 1. The molecule has 0 radical (unpaired) electrons. The van der Waals surface area contributed by atoms with Crippen LogP contribution in [0.25, 0.3) is 10.8 Å². The Bertz CT molecular complexity index is 1170. The normalized spacial score (nSPS) is 20.1. The lowest BCUT2D eigenvalue weighted by Crippen LogP contribution is -2.36. The summed E-state index contributed by atoms with van der Waals surface area (Å²) in [5, 5.41) is 4.03. The van der Waals surface area contributed by atoms with Crippen LogP contribution in [0, 0.1) is 17.8 Å². The minimum Gasteiger partial charge on any atom is -0.496 e. The number of alkyl halides is 1. The highest BCUT2D eigenvalue weighted by Gasteiger charge is 2.41. The van der Waals surface area contributed by atoms with Gasteiger partial charge in [-0.25, -0.2) is 4.39 Å². The molecular formula is C26H32FN3O4. The van der Waals surface area contributed by atoms with Crippen LogP contribution in [0.5, 0.6) is 11.5 Å². The molecule has 0 unspecified atom stereocenters. The van der Waals surface area contributed by atoms with Gasteiger partial charge in [-0.05, 0) is 58.6 Å². The van der Waals surface area contributed by atoms with Crippen molar-refractivity contribution < 1.29 is 23.5 Å². The van der Waals surface area contributed by atoms with Gasteiger partial charge in [0.2, 0.25) is 0 Å². The molecule has 0 aliphatic carbocycles. The monoisotopic (exact) mass is 469 g/mol. The van der Waals surface area contributed by atoms with Gasteiger partial charge in [0.05, 0.1) is 24.3 Å². The molecule has 2 aromatic rings. The lowest BCUT2D eigenvalue weighted by molar-refractivity contribution is -0.123. The van der Waals surface area contributed by atoms with Crippen molar-refractivity contribution in [1.82, 2.24) is 10.2 Å². The molecule has 0 spiro atoms. The Morgan fingerprint density at radius 2 is 1.94 bits per heavy atom. The third-order valence-electron chi connectivity index (χ3n) is 6.54. The predicted octanol–water partition coefficient (Wildman–Crippen LogP) is 2.88. The summed E-state index contributed by atoms with van der Waals surface area (Å²) in [6.45, 7) is 5.97. The average molecular weight is 470 g/mol. The highest BCUT2D eigenvalue weighted by atomic mass is 19.1. The van der Waals surface area contributed by atoms with E-state index in [-0.39, 0.29) is 17.7 Å². The number of hydrogen-bond acceptors (Lipinski definition) is 5. The Morgan fingerprint density at radius 3 is 2.53 bits per heavy atom. The van der Waals surface area contributed by atoms with Gasteiger partial charge in [-0.15, -0.1) is 0 Å². The summed E-state index contributed by atoms with van der Waals surface area (Å²) >= 11 is 0. The van der Waals surface area contributed by atoms with Crippen LogP contribution < -0.4 is 20.5 Å². The molecule has 1 aliphatic rings. The van der Waals surface area contributed by atoms with Crippen LogP contribution in [0.2, 0.25) is 0 Å². The summed E-state index contributed by atoms with van der Waals surface area (Å²) in [7, 11) is 5.36. The SMILES string of the molecule is CC[C@@H]1[C@H](F)C(=O)N[C@@H]1COc1ccc(C#CC(C)(C)N(C)C)c2cc(C(N)=O)c(OC)cc12. The number of carbonyl (C=O) groups excluding carboxylic acids is 2. The van der Waals surface area contributed by atoms with Crippen molar-refractivity contribution in [1.29, 1.82) is 0 Å². The lowest BCUT2D eigenvalue weighted by atomic mass is 9.96. The average Bonchev–Trinajstić information content (AvgIpc) is 3.07. The van der Waals surface area contributed by atoms with Crippen LogP contribution in [-0.2, 0) is 4.79 Å². The second-order valence-electron chi connectivity index (χ2n) is 9.18. The molecular weight excluding hydrogens is 437 g/mol. The van der Waals surface area contributed by atoms with Crippen LogP contribution in [0.1, 0.15) is 43.1 Å². The molecule has 182 valence electrons. The summed E-state index contributed by atoms with van der Waals surface area (Å²) in [6, 6.07) is 6.50. The quantitative estimate of drug-likeness (QED) is 0.609. The maximum absolute atomic E-state index is 14.2. The second-order valence-corrected chi connectivity index (χ2v) is 9.18. The van der Waals surface area contributed by atoms with E-state index in [4.69, 9.17) is 15.2 Å². The van der Waals surface area contributed by atoms with Gasteiger partial charge in [-0.1, -0.05) is 18.8 Å². The van der Waals surface area contributed by atoms with E-state index in [1.54, 1.807) is 18.2 Å². The Kier molecular flexibility index (Phi) is 7.37. The van der Waals surface area contributed by atoms with Gasteiger partial charge >= 0.3 is 0 Å². The standard InChI is InChI=1S/C26H32FN3O4/c1-7-16-20(29-25(32)23(16)27)14-34-21-9-8-15(10-11-26(2,3)30(4)5)17-12-19(24(28)31)22(33-6)13-18(17)21/h8-9,12-13,16,20,23H,7,14H2,1-6H3,(H2,28,31)(H,29,32)/t16-,20+,23-/m0/s1. The topological polar surface area (TPSA) is 93.9 Å². The lowest BCUT2D eigenvalue weighted by Gasteiger charge is -2.26. The van der Waals surface area contributed by atoms with Crippen molar-refractivity contribution >= 4 is 22.6 Å². The fraction of sp³-hybridized carbons (Fsp3) is 0.462. The molecule has 1 saturated heterocycles. The second kappa shape index (κ2) is 9.90. The minimum atomic E-state index is -1.54. The number of nitrogens with zero attached hydrogens (tertiary/aromatic N) is 1. The van der Waals surface area contributed by atoms with Gasteiger partial charge in [-0.3, -0.25) is 14.5 Å². The molecule has 7 nitrogen and oxygen atoms in total. The fourth-order valence-electron chi connectivity index (χ4n) is 3.88. The molecule has 3 N–H and O–H groups in total. The zero-order chi connectivity index (χ0) is 25.2. The molecule has 0 bridgehead atoms. The van der Waals surface area contributed by atoms with E-state index in [9.17, 15) is 14.0 Å². The number of halogens is 1. The van der Waals surface area contributed by atoms with Crippen LogP contribution in [0.3, 0.4) is 0 Å². The maximum Gasteiger partial charge on any atom is 0.255 e. The molecule has 1 fully saturated rings. The third kappa shape index (κ3) is 4.95. The Hall–Kier alpha value is -3.31. The van der Waals surface area contributed by atoms with Gasteiger partial charge in [0.25, 0.3) is 11.8 Å². The first-order valence-electron chi connectivity index (χ1n) is 11.2. The zero-order valence-corrected chi connectivity index (χ0v) is 20.5. The molecule has 2 amide bonds. The summed E-state index contributed by atoms with van der Waals surface area (Å²) < 4.78 is 25.6. The van der Waals surface area contributed by atoms with Crippen LogP contribution in [-0.4, -0.2) is 62.3 Å². The number of methoxy groups -OCH3 is 1. The van der Waals surface area contributed by atoms with Gasteiger partial charge in [0, 0.05) is 22.3 Å². The highest BCUT2D eigenvalue weighted by molar-refractivity contribution is 6.03.